The second-order valence-corrected chi connectivity index (χ2v) is 8.83. The molecule has 4 heterocycles. The summed E-state index contributed by atoms with van der Waals surface area (Å²) >= 11 is 0. The van der Waals surface area contributed by atoms with E-state index in [-0.39, 0.29) is 11.6 Å². The topological polar surface area (TPSA) is 109 Å². The van der Waals surface area contributed by atoms with Crippen LogP contribution in [0.3, 0.4) is 0 Å². The van der Waals surface area contributed by atoms with Crippen molar-refractivity contribution in [2.24, 2.45) is 5.92 Å². The Labute approximate surface area is 175 Å². The van der Waals surface area contributed by atoms with Gasteiger partial charge in [-0.15, -0.1) is 0 Å². The summed E-state index contributed by atoms with van der Waals surface area (Å²) in [7, 11) is 0. The van der Waals surface area contributed by atoms with Gasteiger partial charge in [0.2, 0.25) is 0 Å². The fourth-order valence-electron chi connectivity index (χ4n) is 5.10. The maximum Gasteiger partial charge on any atom is 0.407 e. The highest BCUT2D eigenvalue weighted by molar-refractivity contribution is 5.67. The number of nitrogens with zero attached hydrogens (tertiary/aromatic N) is 1. The van der Waals surface area contributed by atoms with Gasteiger partial charge in [0.25, 0.3) is 0 Å². The molecule has 8 heteroatoms. The van der Waals surface area contributed by atoms with Crippen molar-refractivity contribution < 1.29 is 19.1 Å². The number of ether oxygens (including phenoxy) is 1. The molecule has 1 amide bonds. The molecule has 0 spiro atoms. The summed E-state index contributed by atoms with van der Waals surface area (Å²) < 4.78 is 10.9. The van der Waals surface area contributed by atoms with E-state index in [1.807, 2.05) is 24.3 Å². The molecule has 1 saturated carbocycles. The standard InChI is InChI=1S/C22H28N4O4/c27-18-11-25-17(7-14-1-3-16(4-2-14)19-12-23-13-29-19)20(18)30-21(28)24-6-5-22-8-15(9-22)10-26-22/h1-4,12-13,15,17-18,20,25-27H,5-11H2,(H,24,28)/t15?,17-,18+,20+,22?/m1/s1. The first-order chi connectivity index (χ1) is 14.6. The van der Waals surface area contributed by atoms with Crippen LogP contribution in [0.25, 0.3) is 11.3 Å². The Balaban J connectivity index is 1.13. The first-order valence-electron chi connectivity index (χ1n) is 10.7. The molecule has 3 atom stereocenters. The zero-order valence-corrected chi connectivity index (χ0v) is 16.8. The number of benzene rings is 1. The molecule has 160 valence electrons. The summed E-state index contributed by atoms with van der Waals surface area (Å²) in [6.07, 6.45) is 5.35. The maximum atomic E-state index is 12.3. The number of carbonyl (C=O) groups excluding carboxylic acids is 1. The Kier molecular flexibility index (Phi) is 5.22. The number of oxazole rings is 1. The van der Waals surface area contributed by atoms with Crippen molar-refractivity contribution in [3.63, 3.8) is 0 Å². The summed E-state index contributed by atoms with van der Waals surface area (Å²) in [6.45, 7) is 2.10. The number of hydrogen-bond acceptors (Lipinski definition) is 7. The predicted molar refractivity (Wildman–Crippen MR) is 110 cm³/mol. The molecule has 3 aliphatic heterocycles. The van der Waals surface area contributed by atoms with Gasteiger partial charge in [-0.2, -0.15) is 0 Å². The van der Waals surface area contributed by atoms with E-state index < -0.39 is 18.3 Å². The molecular formula is C22H28N4O4. The summed E-state index contributed by atoms with van der Waals surface area (Å²) in [5, 5.41) is 20.0. The fourth-order valence-corrected chi connectivity index (χ4v) is 5.10. The van der Waals surface area contributed by atoms with Crippen molar-refractivity contribution in [2.75, 3.05) is 19.6 Å². The second kappa shape index (κ2) is 8.02. The largest absolute Gasteiger partial charge is 0.444 e. The van der Waals surface area contributed by atoms with Gasteiger partial charge in [-0.3, -0.25) is 0 Å². The molecule has 30 heavy (non-hydrogen) atoms. The van der Waals surface area contributed by atoms with Gasteiger partial charge in [0, 0.05) is 24.2 Å². The lowest BCUT2D eigenvalue weighted by molar-refractivity contribution is 0.0186. The van der Waals surface area contributed by atoms with Crippen LogP contribution < -0.4 is 16.0 Å². The highest BCUT2D eigenvalue weighted by Gasteiger charge is 2.49. The molecule has 3 saturated heterocycles. The van der Waals surface area contributed by atoms with Crippen molar-refractivity contribution in [3.05, 3.63) is 42.4 Å². The first-order valence-corrected chi connectivity index (χ1v) is 10.7. The van der Waals surface area contributed by atoms with E-state index in [9.17, 15) is 9.90 Å². The molecule has 2 bridgehead atoms. The maximum absolute atomic E-state index is 12.3. The lowest BCUT2D eigenvalue weighted by atomic mass is 9.72. The van der Waals surface area contributed by atoms with Crippen LogP contribution in [0.1, 0.15) is 24.8 Å². The molecule has 4 fully saturated rings. The van der Waals surface area contributed by atoms with Crippen LogP contribution in [-0.2, 0) is 11.2 Å². The molecule has 1 aromatic carbocycles. The van der Waals surface area contributed by atoms with Crippen molar-refractivity contribution in [1.82, 2.24) is 20.9 Å². The third-order valence-corrected chi connectivity index (χ3v) is 6.73. The number of amides is 1. The highest BCUT2D eigenvalue weighted by Crippen LogP contribution is 2.45. The van der Waals surface area contributed by atoms with Crippen LogP contribution >= 0.6 is 0 Å². The van der Waals surface area contributed by atoms with Crippen LogP contribution in [0.4, 0.5) is 4.79 Å². The molecule has 0 radical (unpaired) electrons. The molecular weight excluding hydrogens is 384 g/mol. The minimum atomic E-state index is -0.711. The van der Waals surface area contributed by atoms with Gasteiger partial charge in [0.15, 0.2) is 12.2 Å². The van der Waals surface area contributed by atoms with Gasteiger partial charge in [-0.1, -0.05) is 24.3 Å². The quantitative estimate of drug-likeness (QED) is 0.545. The number of fused-ring (bicyclic) bond motifs is 1. The van der Waals surface area contributed by atoms with E-state index >= 15 is 0 Å². The zero-order valence-electron chi connectivity index (χ0n) is 16.8. The van der Waals surface area contributed by atoms with Crippen molar-refractivity contribution in [1.29, 1.82) is 0 Å². The predicted octanol–water partition coefficient (Wildman–Crippen LogP) is 1.45. The van der Waals surface area contributed by atoms with Gasteiger partial charge < -0.3 is 30.2 Å². The summed E-state index contributed by atoms with van der Waals surface area (Å²) in [6, 6.07) is 7.85. The molecule has 0 unspecified atom stereocenters. The number of aliphatic hydroxyl groups is 1. The Morgan fingerprint density at radius 2 is 2.13 bits per heavy atom. The molecule has 4 N–H and O–H groups in total. The monoisotopic (exact) mass is 412 g/mol. The number of hydrogen-bond donors (Lipinski definition) is 4. The first kappa shape index (κ1) is 19.5. The molecule has 1 aliphatic carbocycles. The molecule has 2 aromatic rings. The normalized spacial score (nSPS) is 32.0. The average molecular weight is 412 g/mol. The van der Waals surface area contributed by atoms with Crippen molar-refractivity contribution in [3.8, 4) is 11.3 Å². The van der Waals surface area contributed by atoms with E-state index in [0.717, 1.165) is 35.8 Å². The van der Waals surface area contributed by atoms with Gasteiger partial charge in [-0.25, -0.2) is 9.78 Å². The minimum absolute atomic E-state index is 0.135. The number of alkyl carbamates (subject to hydrolysis) is 1. The Morgan fingerprint density at radius 1 is 1.30 bits per heavy atom. The highest BCUT2D eigenvalue weighted by atomic mass is 16.6. The van der Waals surface area contributed by atoms with Crippen LogP contribution in [0.15, 0.2) is 41.3 Å². The number of carbonyl (C=O) groups is 1. The Hall–Kier alpha value is -2.42. The van der Waals surface area contributed by atoms with Crippen molar-refractivity contribution in [2.45, 2.75) is 49.5 Å². The van der Waals surface area contributed by atoms with Gasteiger partial charge in [-0.05, 0) is 43.7 Å². The number of nitrogens with one attached hydrogen (secondary N) is 3. The van der Waals surface area contributed by atoms with Crippen LogP contribution in [0.2, 0.25) is 0 Å². The van der Waals surface area contributed by atoms with E-state index in [4.69, 9.17) is 9.15 Å². The molecule has 4 aliphatic rings. The van der Waals surface area contributed by atoms with E-state index in [0.29, 0.717) is 19.5 Å². The summed E-state index contributed by atoms with van der Waals surface area (Å²) in [4.78, 5) is 16.2. The van der Waals surface area contributed by atoms with Gasteiger partial charge >= 0.3 is 6.09 Å². The fraction of sp³-hybridized carbons (Fsp3) is 0.545. The van der Waals surface area contributed by atoms with Crippen molar-refractivity contribution >= 4 is 6.09 Å². The third kappa shape index (κ3) is 3.95. The summed E-state index contributed by atoms with van der Waals surface area (Å²) in [5.41, 5.74) is 2.27. The number of rotatable bonds is 7. The number of aromatic nitrogens is 1. The molecule has 6 rings (SSSR count). The second-order valence-electron chi connectivity index (χ2n) is 8.83. The number of aliphatic hydroxyl groups excluding tert-OH is 1. The van der Waals surface area contributed by atoms with Crippen LogP contribution in [0, 0.1) is 5.92 Å². The molecule has 1 aromatic heterocycles. The Morgan fingerprint density at radius 3 is 2.83 bits per heavy atom. The lowest BCUT2D eigenvalue weighted by Crippen LogP contribution is -2.46. The summed E-state index contributed by atoms with van der Waals surface area (Å²) in [5.74, 6) is 1.54. The smallest absolute Gasteiger partial charge is 0.407 e. The van der Waals surface area contributed by atoms with Gasteiger partial charge in [0.05, 0.1) is 12.2 Å². The zero-order chi connectivity index (χ0) is 20.6. The van der Waals surface area contributed by atoms with E-state index in [1.165, 1.54) is 19.2 Å². The van der Waals surface area contributed by atoms with Gasteiger partial charge in [0.1, 0.15) is 12.2 Å². The molecule has 8 nitrogen and oxygen atoms in total. The average Bonchev–Trinajstić information content (AvgIpc) is 3.50. The minimum Gasteiger partial charge on any atom is -0.444 e. The third-order valence-electron chi connectivity index (χ3n) is 6.73. The van der Waals surface area contributed by atoms with E-state index in [2.05, 4.69) is 20.9 Å². The number of β-amino-alcohol motifs (C(OH)–C–C–N with tert-alkyl or cyclic N) is 1. The Bertz CT molecular complexity index is 858. The van der Waals surface area contributed by atoms with Crippen LogP contribution in [-0.4, -0.2) is 59.6 Å². The van der Waals surface area contributed by atoms with E-state index in [1.54, 1.807) is 6.20 Å². The SMILES string of the molecule is O=C(NCCC12CC(CN1)C2)O[C@@H]1[C@@H](O)CN[C@@H]1Cc1ccc(-c2cnco2)cc1. The lowest BCUT2D eigenvalue weighted by Gasteiger charge is -2.37. The van der Waals surface area contributed by atoms with Crippen LogP contribution in [0.5, 0.6) is 0 Å².